The summed E-state index contributed by atoms with van der Waals surface area (Å²) in [7, 11) is -2.05. The lowest BCUT2D eigenvalue weighted by Gasteiger charge is -2.15. The smallest absolute Gasteiger partial charge is 0.255 e. The molecule has 2 amide bonds. The van der Waals surface area contributed by atoms with Gasteiger partial charge in [-0.05, 0) is 47.3 Å². The van der Waals surface area contributed by atoms with Crippen LogP contribution in [0.15, 0.2) is 70.9 Å². The van der Waals surface area contributed by atoms with Crippen molar-refractivity contribution in [1.29, 1.82) is 0 Å². The molecular formula is C22H23N3O4S2. The number of sulfonamides is 1. The summed E-state index contributed by atoms with van der Waals surface area (Å²) in [5, 5.41) is 4.65. The third-order valence-corrected chi connectivity index (χ3v) is 6.84. The normalized spacial score (nSPS) is 11.2. The first-order valence-electron chi connectivity index (χ1n) is 9.49. The minimum absolute atomic E-state index is 0.0218. The molecule has 0 aliphatic rings. The third-order valence-electron chi connectivity index (χ3n) is 4.57. The zero-order chi connectivity index (χ0) is 22.4. The Kier molecular flexibility index (Phi) is 7.21. The van der Waals surface area contributed by atoms with Gasteiger partial charge in [-0.2, -0.15) is 0 Å². The molecule has 0 saturated carbocycles. The van der Waals surface area contributed by atoms with Crippen molar-refractivity contribution in [3.05, 3.63) is 82.0 Å². The Morgan fingerprint density at radius 2 is 1.81 bits per heavy atom. The maximum absolute atomic E-state index is 12.7. The molecule has 1 heterocycles. The molecule has 0 fully saturated rings. The summed E-state index contributed by atoms with van der Waals surface area (Å²) in [6, 6.07) is 16.7. The largest absolute Gasteiger partial charge is 0.342 e. The summed E-state index contributed by atoms with van der Waals surface area (Å²) in [6.07, 6.45) is 0. The molecule has 1 aromatic heterocycles. The van der Waals surface area contributed by atoms with E-state index in [2.05, 4.69) is 10.0 Å². The summed E-state index contributed by atoms with van der Waals surface area (Å²) in [4.78, 5) is 26.6. The predicted molar refractivity (Wildman–Crippen MR) is 121 cm³/mol. The Labute approximate surface area is 185 Å². The SMILES string of the molecule is CC(=O)N(C)Cc1cccc(NC(=O)c2cccc(S(=O)(=O)NCc3cccs3)c2)c1. The van der Waals surface area contributed by atoms with Gasteiger partial charge in [0, 0.05) is 43.2 Å². The number of hydrogen-bond acceptors (Lipinski definition) is 5. The van der Waals surface area contributed by atoms with Gasteiger partial charge in [-0.15, -0.1) is 11.3 Å². The number of nitrogens with zero attached hydrogens (tertiary/aromatic N) is 1. The molecule has 7 nitrogen and oxygen atoms in total. The Hall–Kier alpha value is -3.01. The standard InChI is InChI=1S/C22H23N3O4S2/c1-16(26)25(2)15-17-6-3-8-19(12-17)24-22(27)18-7-4-10-21(13-18)31(28,29)23-14-20-9-5-11-30-20/h3-13,23H,14-15H2,1-2H3,(H,24,27). The monoisotopic (exact) mass is 457 g/mol. The highest BCUT2D eigenvalue weighted by atomic mass is 32.2. The highest BCUT2D eigenvalue weighted by molar-refractivity contribution is 7.89. The van der Waals surface area contributed by atoms with E-state index in [1.54, 1.807) is 36.2 Å². The molecule has 0 aliphatic heterocycles. The summed E-state index contributed by atoms with van der Waals surface area (Å²) in [6.45, 7) is 2.10. The number of benzene rings is 2. The molecule has 3 rings (SSSR count). The Morgan fingerprint density at radius 1 is 1.03 bits per heavy atom. The van der Waals surface area contributed by atoms with E-state index in [1.807, 2.05) is 23.6 Å². The van der Waals surface area contributed by atoms with Crippen LogP contribution in [0.1, 0.15) is 27.7 Å². The first kappa shape index (κ1) is 22.7. The van der Waals surface area contributed by atoms with Crippen molar-refractivity contribution in [3.63, 3.8) is 0 Å². The molecule has 0 saturated heterocycles. The molecule has 0 atom stereocenters. The Balaban J connectivity index is 1.71. The van der Waals surface area contributed by atoms with Crippen LogP contribution in [-0.2, 0) is 27.9 Å². The number of carbonyl (C=O) groups is 2. The molecule has 0 aliphatic carbocycles. The van der Waals surface area contributed by atoms with Gasteiger partial charge in [-0.1, -0.05) is 24.3 Å². The van der Waals surface area contributed by atoms with Crippen LogP contribution < -0.4 is 10.0 Å². The van der Waals surface area contributed by atoms with E-state index in [0.29, 0.717) is 12.2 Å². The van der Waals surface area contributed by atoms with E-state index in [1.165, 1.54) is 36.5 Å². The van der Waals surface area contributed by atoms with Crippen LogP contribution in [-0.4, -0.2) is 32.2 Å². The van der Waals surface area contributed by atoms with Gasteiger partial charge in [0.05, 0.1) is 4.90 Å². The van der Waals surface area contributed by atoms with Gasteiger partial charge in [-0.3, -0.25) is 9.59 Å². The molecule has 162 valence electrons. The van der Waals surface area contributed by atoms with Gasteiger partial charge in [0.25, 0.3) is 5.91 Å². The quantitative estimate of drug-likeness (QED) is 0.542. The lowest BCUT2D eigenvalue weighted by molar-refractivity contribution is -0.128. The molecule has 0 radical (unpaired) electrons. The molecule has 3 aromatic rings. The van der Waals surface area contributed by atoms with Gasteiger partial charge < -0.3 is 10.2 Å². The average molecular weight is 458 g/mol. The molecule has 2 N–H and O–H groups in total. The van der Waals surface area contributed by atoms with E-state index >= 15 is 0 Å². The second-order valence-electron chi connectivity index (χ2n) is 6.96. The summed E-state index contributed by atoms with van der Waals surface area (Å²) < 4.78 is 27.7. The highest BCUT2D eigenvalue weighted by Crippen LogP contribution is 2.17. The molecule has 2 aromatic carbocycles. The fraction of sp³-hybridized carbons (Fsp3) is 0.182. The van der Waals surface area contributed by atoms with Crippen molar-refractivity contribution >= 4 is 38.9 Å². The van der Waals surface area contributed by atoms with Crippen molar-refractivity contribution in [2.45, 2.75) is 24.9 Å². The molecular weight excluding hydrogens is 434 g/mol. The van der Waals surface area contributed by atoms with Crippen LogP contribution >= 0.6 is 11.3 Å². The molecule has 0 unspecified atom stereocenters. The zero-order valence-electron chi connectivity index (χ0n) is 17.2. The molecule has 0 bridgehead atoms. The van der Waals surface area contributed by atoms with Crippen molar-refractivity contribution in [2.24, 2.45) is 0 Å². The second kappa shape index (κ2) is 9.86. The average Bonchev–Trinajstić information content (AvgIpc) is 3.26. The fourth-order valence-electron chi connectivity index (χ4n) is 2.80. The first-order valence-corrected chi connectivity index (χ1v) is 11.8. The Bertz CT molecular complexity index is 1170. The van der Waals surface area contributed by atoms with Crippen LogP contribution in [0.3, 0.4) is 0 Å². The number of anilines is 1. The number of carbonyl (C=O) groups excluding carboxylic acids is 2. The van der Waals surface area contributed by atoms with Crippen molar-refractivity contribution in [1.82, 2.24) is 9.62 Å². The first-order chi connectivity index (χ1) is 14.7. The fourth-order valence-corrected chi connectivity index (χ4v) is 4.59. The van der Waals surface area contributed by atoms with Gasteiger partial charge in [0.15, 0.2) is 0 Å². The van der Waals surface area contributed by atoms with Crippen LogP contribution in [0, 0.1) is 0 Å². The maximum atomic E-state index is 12.7. The number of amides is 2. The van der Waals surface area contributed by atoms with Crippen LogP contribution in [0.5, 0.6) is 0 Å². The number of rotatable bonds is 8. The van der Waals surface area contributed by atoms with Crippen LogP contribution in [0.25, 0.3) is 0 Å². The lowest BCUT2D eigenvalue weighted by atomic mass is 10.1. The van der Waals surface area contributed by atoms with Crippen molar-refractivity contribution in [3.8, 4) is 0 Å². The van der Waals surface area contributed by atoms with E-state index in [9.17, 15) is 18.0 Å². The van der Waals surface area contributed by atoms with Crippen LogP contribution in [0.2, 0.25) is 0 Å². The topological polar surface area (TPSA) is 95.6 Å². The maximum Gasteiger partial charge on any atom is 0.255 e. The van der Waals surface area contributed by atoms with Gasteiger partial charge >= 0.3 is 0 Å². The summed E-state index contributed by atoms with van der Waals surface area (Å²) >= 11 is 1.46. The number of hydrogen-bond donors (Lipinski definition) is 2. The summed E-state index contributed by atoms with van der Waals surface area (Å²) in [5.74, 6) is -0.479. The van der Waals surface area contributed by atoms with Crippen molar-refractivity contribution in [2.75, 3.05) is 12.4 Å². The van der Waals surface area contributed by atoms with Crippen LogP contribution in [0.4, 0.5) is 5.69 Å². The molecule has 9 heteroatoms. The molecule has 0 spiro atoms. The number of thiophene rings is 1. The second-order valence-corrected chi connectivity index (χ2v) is 9.76. The summed E-state index contributed by atoms with van der Waals surface area (Å²) in [5.41, 5.74) is 1.65. The van der Waals surface area contributed by atoms with Crippen molar-refractivity contribution < 1.29 is 18.0 Å². The Morgan fingerprint density at radius 3 is 2.52 bits per heavy atom. The zero-order valence-corrected chi connectivity index (χ0v) is 18.8. The van der Waals surface area contributed by atoms with Gasteiger partial charge in [0.2, 0.25) is 15.9 Å². The van der Waals surface area contributed by atoms with E-state index < -0.39 is 15.9 Å². The van der Waals surface area contributed by atoms with E-state index in [0.717, 1.165) is 10.4 Å². The predicted octanol–water partition coefficient (Wildman–Crippen LogP) is 3.46. The third kappa shape index (κ3) is 6.24. The van der Waals surface area contributed by atoms with E-state index in [-0.39, 0.29) is 22.9 Å². The van der Waals surface area contributed by atoms with E-state index in [4.69, 9.17) is 0 Å². The highest BCUT2D eigenvalue weighted by Gasteiger charge is 2.16. The minimum Gasteiger partial charge on any atom is -0.342 e. The number of nitrogens with one attached hydrogen (secondary N) is 2. The molecule has 31 heavy (non-hydrogen) atoms. The minimum atomic E-state index is -3.75. The lowest BCUT2D eigenvalue weighted by Crippen LogP contribution is -2.23. The van der Waals surface area contributed by atoms with Gasteiger partial charge in [-0.25, -0.2) is 13.1 Å². The van der Waals surface area contributed by atoms with Gasteiger partial charge in [0.1, 0.15) is 0 Å².